The SMILES string of the molecule is Cc1ccc(N(C)C(=O)c2ccccc2)cc1Br. The first-order chi connectivity index (χ1) is 8.59. The Morgan fingerprint density at radius 3 is 2.39 bits per heavy atom. The molecular formula is C15H14BrNO. The number of aryl methyl sites for hydroxylation is 1. The lowest BCUT2D eigenvalue weighted by atomic mass is 10.1. The highest BCUT2D eigenvalue weighted by Gasteiger charge is 2.13. The second-order valence-electron chi connectivity index (χ2n) is 4.16. The van der Waals surface area contributed by atoms with Crippen LogP contribution in [0.3, 0.4) is 0 Å². The number of carbonyl (C=O) groups is 1. The molecule has 2 aromatic rings. The van der Waals surface area contributed by atoms with Crippen molar-refractivity contribution in [3.8, 4) is 0 Å². The Hall–Kier alpha value is -1.61. The molecule has 0 aromatic heterocycles. The lowest BCUT2D eigenvalue weighted by Gasteiger charge is -2.18. The number of carbonyl (C=O) groups excluding carboxylic acids is 1. The summed E-state index contributed by atoms with van der Waals surface area (Å²) in [5.74, 6) is -0.00801. The second kappa shape index (κ2) is 5.36. The number of rotatable bonds is 2. The van der Waals surface area contributed by atoms with Crippen molar-refractivity contribution in [3.63, 3.8) is 0 Å². The van der Waals surface area contributed by atoms with Crippen LogP contribution in [0.25, 0.3) is 0 Å². The molecule has 2 aromatic carbocycles. The van der Waals surface area contributed by atoms with E-state index in [4.69, 9.17) is 0 Å². The van der Waals surface area contributed by atoms with Crippen molar-refractivity contribution in [1.82, 2.24) is 0 Å². The van der Waals surface area contributed by atoms with Crippen LogP contribution in [0, 0.1) is 6.92 Å². The third kappa shape index (κ3) is 2.62. The van der Waals surface area contributed by atoms with E-state index in [9.17, 15) is 4.79 Å². The number of amides is 1. The van der Waals surface area contributed by atoms with Crippen molar-refractivity contribution in [2.24, 2.45) is 0 Å². The first-order valence-electron chi connectivity index (χ1n) is 5.69. The molecule has 18 heavy (non-hydrogen) atoms. The van der Waals surface area contributed by atoms with E-state index in [1.54, 1.807) is 11.9 Å². The van der Waals surface area contributed by atoms with Crippen molar-refractivity contribution in [2.75, 3.05) is 11.9 Å². The van der Waals surface area contributed by atoms with Gasteiger partial charge in [0, 0.05) is 22.8 Å². The number of anilines is 1. The maximum atomic E-state index is 12.3. The summed E-state index contributed by atoms with van der Waals surface area (Å²) in [6.45, 7) is 2.02. The summed E-state index contributed by atoms with van der Waals surface area (Å²) in [4.78, 5) is 13.9. The van der Waals surface area contributed by atoms with Crippen molar-refractivity contribution < 1.29 is 4.79 Å². The standard InChI is InChI=1S/C15H14BrNO/c1-11-8-9-13(10-14(11)16)17(2)15(18)12-6-4-3-5-7-12/h3-10H,1-2H3. The maximum Gasteiger partial charge on any atom is 0.258 e. The molecule has 0 fully saturated rings. The molecule has 0 saturated carbocycles. The van der Waals surface area contributed by atoms with E-state index in [1.165, 1.54) is 0 Å². The van der Waals surface area contributed by atoms with Crippen LogP contribution in [0.1, 0.15) is 15.9 Å². The Balaban J connectivity index is 2.28. The zero-order valence-electron chi connectivity index (χ0n) is 10.4. The molecule has 92 valence electrons. The fourth-order valence-corrected chi connectivity index (χ4v) is 2.05. The summed E-state index contributed by atoms with van der Waals surface area (Å²) in [5.41, 5.74) is 2.72. The number of hydrogen-bond donors (Lipinski definition) is 0. The van der Waals surface area contributed by atoms with Crippen LogP contribution >= 0.6 is 15.9 Å². The van der Waals surface area contributed by atoms with Gasteiger partial charge in [-0.3, -0.25) is 4.79 Å². The predicted molar refractivity (Wildman–Crippen MR) is 78.1 cm³/mol. The highest BCUT2D eigenvalue weighted by Crippen LogP contribution is 2.23. The van der Waals surface area contributed by atoms with Gasteiger partial charge in [-0.2, -0.15) is 0 Å². The zero-order valence-corrected chi connectivity index (χ0v) is 11.9. The summed E-state index contributed by atoms with van der Waals surface area (Å²) >= 11 is 3.48. The largest absolute Gasteiger partial charge is 0.311 e. The number of benzene rings is 2. The Labute approximate surface area is 115 Å². The smallest absolute Gasteiger partial charge is 0.258 e. The molecule has 0 N–H and O–H groups in total. The molecule has 0 radical (unpaired) electrons. The summed E-state index contributed by atoms with van der Waals surface area (Å²) in [6, 6.07) is 15.2. The van der Waals surface area contributed by atoms with Crippen molar-refractivity contribution in [2.45, 2.75) is 6.92 Å². The van der Waals surface area contributed by atoms with Gasteiger partial charge in [0.2, 0.25) is 0 Å². The van der Waals surface area contributed by atoms with Gasteiger partial charge in [-0.25, -0.2) is 0 Å². The fraction of sp³-hybridized carbons (Fsp3) is 0.133. The Morgan fingerprint density at radius 2 is 1.78 bits per heavy atom. The van der Waals surface area contributed by atoms with E-state index in [2.05, 4.69) is 15.9 Å². The summed E-state index contributed by atoms with van der Waals surface area (Å²) in [5, 5.41) is 0. The van der Waals surface area contributed by atoms with Gasteiger partial charge in [-0.15, -0.1) is 0 Å². The van der Waals surface area contributed by atoms with Gasteiger partial charge in [0.1, 0.15) is 0 Å². The average molecular weight is 304 g/mol. The van der Waals surface area contributed by atoms with E-state index in [1.807, 2.05) is 55.5 Å². The third-order valence-electron chi connectivity index (χ3n) is 2.87. The normalized spacial score (nSPS) is 10.2. The Kier molecular flexibility index (Phi) is 3.82. The molecule has 2 nitrogen and oxygen atoms in total. The molecule has 0 unspecified atom stereocenters. The van der Waals surface area contributed by atoms with Crippen molar-refractivity contribution in [1.29, 1.82) is 0 Å². The van der Waals surface area contributed by atoms with Gasteiger partial charge in [0.15, 0.2) is 0 Å². The van der Waals surface area contributed by atoms with Gasteiger partial charge >= 0.3 is 0 Å². The molecule has 0 saturated heterocycles. The van der Waals surface area contributed by atoms with Crippen LogP contribution in [-0.2, 0) is 0 Å². The number of nitrogens with zero attached hydrogens (tertiary/aromatic N) is 1. The van der Waals surface area contributed by atoms with E-state index < -0.39 is 0 Å². The highest BCUT2D eigenvalue weighted by atomic mass is 79.9. The molecule has 2 rings (SSSR count). The first-order valence-corrected chi connectivity index (χ1v) is 6.48. The van der Waals surface area contributed by atoms with E-state index in [-0.39, 0.29) is 5.91 Å². The predicted octanol–water partition coefficient (Wildman–Crippen LogP) is 4.03. The monoisotopic (exact) mass is 303 g/mol. The average Bonchev–Trinajstić information content (AvgIpc) is 2.41. The van der Waals surface area contributed by atoms with Crippen LogP contribution in [0.5, 0.6) is 0 Å². The minimum absolute atomic E-state index is 0.00801. The number of halogens is 1. The Morgan fingerprint density at radius 1 is 1.11 bits per heavy atom. The van der Waals surface area contributed by atoms with Crippen molar-refractivity contribution in [3.05, 3.63) is 64.1 Å². The molecular weight excluding hydrogens is 290 g/mol. The van der Waals surface area contributed by atoms with Gasteiger partial charge in [0.25, 0.3) is 5.91 Å². The topological polar surface area (TPSA) is 20.3 Å². The molecule has 0 spiro atoms. The van der Waals surface area contributed by atoms with Gasteiger partial charge < -0.3 is 4.90 Å². The van der Waals surface area contributed by atoms with E-state index in [0.29, 0.717) is 5.56 Å². The van der Waals surface area contributed by atoms with Gasteiger partial charge in [0.05, 0.1) is 0 Å². The molecule has 0 aliphatic rings. The van der Waals surface area contributed by atoms with E-state index in [0.717, 1.165) is 15.7 Å². The third-order valence-corrected chi connectivity index (χ3v) is 3.72. The minimum atomic E-state index is -0.00801. The number of hydrogen-bond acceptors (Lipinski definition) is 1. The molecule has 0 bridgehead atoms. The quantitative estimate of drug-likeness (QED) is 0.820. The molecule has 0 aliphatic heterocycles. The first kappa shape index (κ1) is 12.8. The molecule has 1 amide bonds. The molecule has 0 heterocycles. The van der Waals surface area contributed by atoms with Crippen LogP contribution in [0.4, 0.5) is 5.69 Å². The van der Waals surface area contributed by atoms with Gasteiger partial charge in [-0.1, -0.05) is 40.2 Å². The van der Waals surface area contributed by atoms with Crippen molar-refractivity contribution >= 4 is 27.5 Å². The van der Waals surface area contributed by atoms with Gasteiger partial charge in [-0.05, 0) is 36.8 Å². The second-order valence-corrected chi connectivity index (χ2v) is 5.02. The lowest BCUT2D eigenvalue weighted by Crippen LogP contribution is -2.26. The lowest BCUT2D eigenvalue weighted by molar-refractivity contribution is 0.0993. The zero-order chi connectivity index (χ0) is 13.1. The molecule has 0 atom stereocenters. The van der Waals surface area contributed by atoms with Crippen LogP contribution in [0.2, 0.25) is 0 Å². The van der Waals surface area contributed by atoms with Crippen LogP contribution < -0.4 is 4.90 Å². The molecule has 3 heteroatoms. The van der Waals surface area contributed by atoms with E-state index >= 15 is 0 Å². The minimum Gasteiger partial charge on any atom is -0.311 e. The summed E-state index contributed by atoms with van der Waals surface area (Å²) in [7, 11) is 1.78. The van der Waals surface area contributed by atoms with Crippen LogP contribution in [0.15, 0.2) is 53.0 Å². The fourth-order valence-electron chi connectivity index (χ4n) is 1.68. The summed E-state index contributed by atoms with van der Waals surface area (Å²) in [6.07, 6.45) is 0. The van der Waals surface area contributed by atoms with Crippen LogP contribution in [-0.4, -0.2) is 13.0 Å². The summed E-state index contributed by atoms with van der Waals surface area (Å²) < 4.78 is 1.01. The Bertz CT molecular complexity index is 566. The maximum absolute atomic E-state index is 12.3. The molecule has 0 aliphatic carbocycles. The highest BCUT2D eigenvalue weighted by molar-refractivity contribution is 9.10.